The molecular formula is C18H21BrFN. The van der Waals surface area contributed by atoms with Crippen LogP contribution in [0.15, 0.2) is 34.8 Å². The molecule has 1 atom stereocenters. The van der Waals surface area contributed by atoms with E-state index in [1.165, 1.54) is 32.8 Å². The molecule has 112 valence electrons. The van der Waals surface area contributed by atoms with Crippen LogP contribution in [0.3, 0.4) is 0 Å². The minimum absolute atomic E-state index is 0.174. The van der Waals surface area contributed by atoms with E-state index in [1.807, 2.05) is 20.0 Å². The van der Waals surface area contributed by atoms with Gasteiger partial charge in [0, 0.05) is 10.5 Å². The smallest absolute Gasteiger partial charge is 0.123 e. The van der Waals surface area contributed by atoms with Crippen molar-refractivity contribution in [2.75, 3.05) is 7.05 Å². The van der Waals surface area contributed by atoms with Crippen molar-refractivity contribution in [2.45, 2.75) is 33.2 Å². The lowest BCUT2D eigenvalue weighted by molar-refractivity contribution is 0.586. The maximum Gasteiger partial charge on any atom is 0.123 e. The molecule has 0 aliphatic rings. The first-order chi connectivity index (χ1) is 9.92. The molecule has 2 aromatic carbocycles. The number of halogens is 2. The van der Waals surface area contributed by atoms with Gasteiger partial charge in [0.1, 0.15) is 5.82 Å². The summed E-state index contributed by atoms with van der Waals surface area (Å²) in [6.07, 6.45) is 0.850. The molecule has 1 nitrogen and oxygen atoms in total. The Labute approximate surface area is 134 Å². The van der Waals surface area contributed by atoms with Crippen LogP contribution in [0.25, 0.3) is 0 Å². The first-order valence-corrected chi connectivity index (χ1v) is 7.90. The van der Waals surface area contributed by atoms with Crippen LogP contribution >= 0.6 is 15.9 Å². The average molecular weight is 350 g/mol. The van der Waals surface area contributed by atoms with E-state index in [0.29, 0.717) is 0 Å². The lowest BCUT2D eigenvalue weighted by Crippen LogP contribution is -2.19. The Morgan fingerprint density at radius 3 is 2.19 bits per heavy atom. The molecule has 2 rings (SSSR count). The van der Waals surface area contributed by atoms with Gasteiger partial charge in [-0.25, -0.2) is 4.39 Å². The first-order valence-electron chi connectivity index (χ1n) is 7.11. The molecule has 0 aromatic heterocycles. The van der Waals surface area contributed by atoms with Gasteiger partial charge in [-0.05, 0) is 74.2 Å². The Kier molecular flexibility index (Phi) is 5.17. The fraction of sp³-hybridized carbons (Fsp3) is 0.333. The molecule has 1 N–H and O–H groups in total. The van der Waals surface area contributed by atoms with Gasteiger partial charge < -0.3 is 5.32 Å². The molecular weight excluding hydrogens is 329 g/mol. The highest BCUT2D eigenvalue weighted by Crippen LogP contribution is 2.27. The van der Waals surface area contributed by atoms with E-state index in [1.54, 1.807) is 6.07 Å². The SMILES string of the molecule is CNC(Cc1ccc(F)cc1C)c1cc(C)c(Br)c(C)c1. The summed E-state index contributed by atoms with van der Waals surface area (Å²) in [7, 11) is 1.97. The summed E-state index contributed by atoms with van der Waals surface area (Å²) in [6.45, 7) is 6.18. The minimum Gasteiger partial charge on any atom is -0.313 e. The van der Waals surface area contributed by atoms with Crippen molar-refractivity contribution < 1.29 is 4.39 Å². The zero-order chi connectivity index (χ0) is 15.6. The van der Waals surface area contributed by atoms with E-state index < -0.39 is 0 Å². The summed E-state index contributed by atoms with van der Waals surface area (Å²) in [5, 5.41) is 3.37. The van der Waals surface area contributed by atoms with Crippen LogP contribution in [-0.4, -0.2) is 7.05 Å². The highest BCUT2D eigenvalue weighted by Gasteiger charge is 2.14. The zero-order valence-corrected chi connectivity index (χ0v) is 14.5. The van der Waals surface area contributed by atoms with Crippen molar-refractivity contribution in [3.8, 4) is 0 Å². The van der Waals surface area contributed by atoms with Gasteiger partial charge in [0.15, 0.2) is 0 Å². The van der Waals surface area contributed by atoms with Gasteiger partial charge in [-0.2, -0.15) is 0 Å². The Balaban J connectivity index is 2.32. The molecule has 3 heteroatoms. The molecule has 0 amide bonds. The van der Waals surface area contributed by atoms with Gasteiger partial charge in [-0.3, -0.25) is 0 Å². The van der Waals surface area contributed by atoms with Crippen LogP contribution in [0.5, 0.6) is 0 Å². The van der Waals surface area contributed by atoms with Crippen molar-refractivity contribution in [3.05, 3.63) is 68.4 Å². The predicted molar refractivity (Wildman–Crippen MR) is 90.3 cm³/mol. The molecule has 0 fully saturated rings. The quantitative estimate of drug-likeness (QED) is 0.817. The summed E-state index contributed by atoms with van der Waals surface area (Å²) in [5.74, 6) is -0.174. The standard InChI is InChI=1S/C18H21BrFN/c1-11-9-16(20)6-5-14(11)10-17(21-4)15-7-12(2)18(19)13(3)8-15/h5-9,17,21H,10H2,1-4H3. The normalized spacial score (nSPS) is 12.5. The number of aryl methyl sites for hydroxylation is 3. The summed E-state index contributed by atoms with van der Waals surface area (Å²) in [4.78, 5) is 0. The fourth-order valence-electron chi connectivity index (χ4n) is 2.68. The summed E-state index contributed by atoms with van der Waals surface area (Å²) in [6, 6.07) is 9.65. The predicted octanol–water partition coefficient (Wildman–Crippen LogP) is 5.02. The topological polar surface area (TPSA) is 12.0 Å². The Bertz CT molecular complexity index is 629. The van der Waals surface area contributed by atoms with E-state index in [0.717, 1.165) is 12.0 Å². The van der Waals surface area contributed by atoms with E-state index in [2.05, 4.69) is 47.2 Å². The van der Waals surface area contributed by atoms with Crippen LogP contribution in [0.1, 0.15) is 33.9 Å². The highest BCUT2D eigenvalue weighted by atomic mass is 79.9. The van der Waals surface area contributed by atoms with Crippen LogP contribution in [0.2, 0.25) is 0 Å². The third-order valence-corrected chi connectivity index (χ3v) is 5.19. The number of likely N-dealkylation sites (N-methyl/N-ethyl adjacent to an activating group) is 1. The van der Waals surface area contributed by atoms with Gasteiger partial charge in [-0.1, -0.05) is 34.1 Å². The van der Waals surface area contributed by atoms with Crippen molar-refractivity contribution in [1.82, 2.24) is 5.32 Å². The Morgan fingerprint density at radius 2 is 1.67 bits per heavy atom. The van der Waals surface area contributed by atoms with E-state index in [-0.39, 0.29) is 11.9 Å². The molecule has 0 aliphatic heterocycles. The average Bonchev–Trinajstić information content (AvgIpc) is 2.43. The molecule has 0 heterocycles. The first kappa shape index (κ1) is 16.2. The second-order valence-electron chi connectivity index (χ2n) is 5.58. The lowest BCUT2D eigenvalue weighted by Gasteiger charge is -2.20. The Hall–Kier alpha value is -1.19. The molecule has 0 bridgehead atoms. The second-order valence-corrected chi connectivity index (χ2v) is 6.38. The molecule has 0 radical (unpaired) electrons. The lowest BCUT2D eigenvalue weighted by atomic mass is 9.94. The minimum atomic E-state index is -0.174. The van der Waals surface area contributed by atoms with Crippen LogP contribution in [0.4, 0.5) is 4.39 Å². The number of hydrogen-bond acceptors (Lipinski definition) is 1. The van der Waals surface area contributed by atoms with E-state index in [4.69, 9.17) is 0 Å². The van der Waals surface area contributed by atoms with Gasteiger partial charge in [0.2, 0.25) is 0 Å². The van der Waals surface area contributed by atoms with Crippen LogP contribution in [0, 0.1) is 26.6 Å². The summed E-state index contributed by atoms with van der Waals surface area (Å²) < 4.78 is 14.4. The van der Waals surface area contributed by atoms with Crippen molar-refractivity contribution in [3.63, 3.8) is 0 Å². The fourth-order valence-corrected chi connectivity index (χ4v) is 2.90. The molecule has 2 aromatic rings. The van der Waals surface area contributed by atoms with Gasteiger partial charge in [0.25, 0.3) is 0 Å². The van der Waals surface area contributed by atoms with E-state index in [9.17, 15) is 4.39 Å². The van der Waals surface area contributed by atoms with E-state index >= 15 is 0 Å². The molecule has 0 saturated heterocycles. The third-order valence-electron chi connectivity index (χ3n) is 3.94. The monoisotopic (exact) mass is 349 g/mol. The van der Waals surface area contributed by atoms with Gasteiger partial charge >= 0.3 is 0 Å². The van der Waals surface area contributed by atoms with Gasteiger partial charge in [0.05, 0.1) is 0 Å². The van der Waals surface area contributed by atoms with Crippen molar-refractivity contribution in [2.24, 2.45) is 0 Å². The summed E-state index contributed by atoms with van der Waals surface area (Å²) in [5.41, 5.74) is 5.91. The van der Waals surface area contributed by atoms with Crippen LogP contribution < -0.4 is 5.32 Å². The maximum atomic E-state index is 13.2. The molecule has 0 spiro atoms. The highest BCUT2D eigenvalue weighted by molar-refractivity contribution is 9.10. The van der Waals surface area contributed by atoms with Crippen molar-refractivity contribution >= 4 is 15.9 Å². The number of hydrogen-bond donors (Lipinski definition) is 1. The number of benzene rings is 2. The zero-order valence-electron chi connectivity index (χ0n) is 12.9. The Morgan fingerprint density at radius 1 is 1.05 bits per heavy atom. The second kappa shape index (κ2) is 6.71. The molecule has 21 heavy (non-hydrogen) atoms. The molecule has 0 aliphatic carbocycles. The number of rotatable bonds is 4. The number of nitrogens with one attached hydrogen (secondary N) is 1. The van der Waals surface area contributed by atoms with Gasteiger partial charge in [-0.15, -0.1) is 0 Å². The summed E-state index contributed by atoms with van der Waals surface area (Å²) >= 11 is 3.61. The molecule has 1 unspecified atom stereocenters. The van der Waals surface area contributed by atoms with Crippen LogP contribution in [-0.2, 0) is 6.42 Å². The maximum absolute atomic E-state index is 13.2. The molecule has 0 saturated carbocycles. The largest absolute Gasteiger partial charge is 0.313 e. The third kappa shape index (κ3) is 3.72. The van der Waals surface area contributed by atoms with Crippen molar-refractivity contribution in [1.29, 1.82) is 0 Å².